The maximum absolute atomic E-state index is 6.13. The van der Waals surface area contributed by atoms with Crippen LogP contribution in [0.5, 0.6) is 0 Å². The summed E-state index contributed by atoms with van der Waals surface area (Å²) in [6.07, 6.45) is 5.35. The quantitative estimate of drug-likeness (QED) is 0.757. The normalized spacial score (nSPS) is 15.3. The molecular formula is C16H25ClN2. The molecule has 0 unspecified atom stereocenters. The first-order valence-electron chi connectivity index (χ1n) is 7.41. The van der Waals surface area contributed by atoms with Crippen LogP contribution < -0.4 is 10.2 Å². The lowest BCUT2D eigenvalue weighted by Crippen LogP contribution is -2.30. The Kier molecular flexibility index (Phi) is 5.53. The SMILES string of the molecule is CCCNCc1cc(Cl)ccc1N(C)CC1CCC1. The molecule has 3 heteroatoms. The van der Waals surface area contributed by atoms with Gasteiger partial charge in [0.1, 0.15) is 0 Å². The smallest absolute Gasteiger partial charge is 0.0410 e. The lowest BCUT2D eigenvalue weighted by atomic mass is 9.85. The number of benzene rings is 1. The summed E-state index contributed by atoms with van der Waals surface area (Å²) in [6.45, 7) is 5.31. The molecule has 0 saturated heterocycles. The van der Waals surface area contributed by atoms with Gasteiger partial charge in [-0.15, -0.1) is 0 Å². The molecule has 19 heavy (non-hydrogen) atoms. The highest BCUT2D eigenvalue weighted by Gasteiger charge is 2.20. The first kappa shape index (κ1) is 14.7. The highest BCUT2D eigenvalue weighted by molar-refractivity contribution is 6.30. The maximum atomic E-state index is 6.13. The molecule has 2 rings (SSSR count). The van der Waals surface area contributed by atoms with Gasteiger partial charge in [0.25, 0.3) is 0 Å². The fraction of sp³-hybridized carbons (Fsp3) is 0.625. The van der Waals surface area contributed by atoms with Gasteiger partial charge >= 0.3 is 0 Å². The number of anilines is 1. The Morgan fingerprint density at radius 3 is 2.79 bits per heavy atom. The summed E-state index contributed by atoms with van der Waals surface area (Å²) < 4.78 is 0. The predicted octanol–water partition coefficient (Wildman–Crippen LogP) is 4.08. The number of rotatable bonds is 7. The van der Waals surface area contributed by atoms with Crippen LogP contribution in [0.2, 0.25) is 5.02 Å². The van der Waals surface area contributed by atoms with Crippen molar-refractivity contribution in [2.45, 2.75) is 39.2 Å². The minimum Gasteiger partial charge on any atom is -0.374 e. The van der Waals surface area contributed by atoms with E-state index in [9.17, 15) is 0 Å². The van der Waals surface area contributed by atoms with Crippen molar-refractivity contribution < 1.29 is 0 Å². The summed E-state index contributed by atoms with van der Waals surface area (Å²) in [4.78, 5) is 2.39. The number of nitrogens with one attached hydrogen (secondary N) is 1. The molecule has 0 spiro atoms. The maximum Gasteiger partial charge on any atom is 0.0410 e. The van der Waals surface area contributed by atoms with Crippen LogP contribution in [0.4, 0.5) is 5.69 Å². The van der Waals surface area contributed by atoms with Crippen LogP contribution in [-0.2, 0) is 6.54 Å². The molecule has 0 heterocycles. The highest BCUT2D eigenvalue weighted by Crippen LogP contribution is 2.30. The van der Waals surface area contributed by atoms with E-state index in [4.69, 9.17) is 11.6 Å². The molecule has 0 aliphatic heterocycles. The molecule has 0 radical (unpaired) electrons. The standard InChI is InChI=1S/C16H25ClN2/c1-3-9-18-11-14-10-15(17)7-8-16(14)19(2)12-13-5-4-6-13/h7-8,10,13,18H,3-6,9,11-12H2,1-2H3. The van der Waals surface area contributed by atoms with Crippen molar-refractivity contribution in [3.8, 4) is 0 Å². The first-order chi connectivity index (χ1) is 9.20. The summed E-state index contributed by atoms with van der Waals surface area (Å²) in [6, 6.07) is 6.25. The minimum atomic E-state index is 0.828. The molecule has 1 aliphatic carbocycles. The molecule has 1 saturated carbocycles. The predicted molar refractivity (Wildman–Crippen MR) is 84.1 cm³/mol. The van der Waals surface area contributed by atoms with E-state index < -0.39 is 0 Å². The molecule has 106 valence electrons. The van der Waals surface area contributed by atoms with Crippen LogP contribution in [-0.4, -0.2) is 20.1 Å². The van der Waals surface area contributed by atoms with Gasteiger partial charge in [-0.2, -0.15) is 0 Å². The fourth-order valence-electron chi connectivity index (χ4n) is 2.63. The van der Waals surface area contributed by atoms with Gasteiger partial charge in [0.2, 0.25) is 0 Å². The van der Waals surface area contributed by atoms with Gasteiger partial charge in [0.15, 0.2) is 0 Å². The van der Waals surface area contributed by atoms with Crippen LogP contribution in [0.15, 0.2) is 18.2 Å². The Hall–Kier alpha value is -0.730. The molecule has 1 N–H and O–H groups in total. The second-order valence-electron chi connectivity index (χ2n) is 5.63. The van der Waals surface area contributed by atoms with Crippen LogP contribution >= 0.6 is 11.6 Å². The van der Waals surface area contributed by atoms with Gasteiger partial charge in [0.05, 0.1) is 0 Å². The van der Waals surface area contributed by atoms with Crippen LogP contribution in [0.25, 0.3) is 0 Å². The van der Waals surface area contributed by atoms with E-state index in [1.165, 1.54) is 37.1 Å². The largest absolute Gasteiger partial charge is 0.374 e. The van der Waals surface area contributed by atoms with Crippen LogP contribution in [0.3, 0.4) is 0 Å². The van der Waals surface area contributed by atoms with E-state index in [1.54, 1.807) is 0 Å². The number of hydrogen-bond donors (Lipinski definition) is 1. The van der Waals surface area contributed by atoms with Crippen molar-refractivity contribution in [2.75, 3.05) is 25.0 Å². The zero-order valence-electron chi connectivity index (χ0n) is 12.1. The monoisotopic (exact) mass is 280 g/mol. The number of hydrogen-bond acceptors (Lipinski definition) is 2. The molecule has 1 aromatic rings. The molecule has 0 aromatic heterocycles. The average molecular weight is 281 g/mol. The Morgan fingerprint density at radius 1 is 1.37 bits per heavy atom. The summed E-state index contributed by atoms with van der Waals surface area (Å²) in [5.41, 5.74) is 2.63. The Balaban J connectivity index is 2.03. The van der Waals surface area contributed by atoms with Crippen LogP contribution in [0.1, 0.15) is 38.2 Å². The summed E-state index contributed by atoms with van der Waals surface area (Å²) >= 11 is 6.13. The van der Waals surface area contributed by atoms with Gasteiger partial charge < -0.3 is 10.2 Å². The topological polar surface area (TPSA) is 15.3 Å². The lowest BCUT2D eigenvalue weighted by Gasteiger charge is -2.32. The summed E-state index contributed by atoms with van der Waals surface area (Å²) in [7, 11) is 2.20. The molecule has 1 aliphatic rings. The second-order valence-corrected chi connectivity index (χ2v) is 6.06. The van der Waals surface area contributed by atoms with E-state index in [2.05, 4.69) is 36.3 Å². The number of nitrogens with zero attached hydrogens (tertiary/aromatic N) is 1. The van der Waals surface area contributed by atoms with E-state index >= 15 is 0 Å². The van der Waals surface area contributed by atoms with E-state index in [0.717, 1.165) is 30.5 Å². The van der Waals surface area contributed by atoms with Gasteiger partial charge in [-0.3, -0.25) is 0 Å². The van der Waals surface area contributed by atoms with Crippen molar-refractivity contribution in [2.24, 2.45) is 5.92 Å². The molecule has 2 nitrogen and oxygen atoms in total. The molecular weight excluding hydrogens is 256 g/mol. The second kappa shape index (κ2) is 7.16. The Morgan fingerprint density at radius 2 is 2.16 bits per heavy atom. The minimum absolute atomic E-state index is 0.828. The van der Waals surface area contributed by atoms with E-state index in [1.807, 2.05) is 6.07 Å². The van der Waals surface area contributed by atoms with Gasteiger partial charge in [-0.05, 0) is 55.5 Å². The van der Waals surface area contributed by atoms with Crippen LogP contribution in [0, 0.1) is 5.92 Å². The van der Waals surface area contributed by atoms with Gasteiger partial charge in [-0.1, -0.05) is 24.9 Å². The zero-order valence-corrected chi connectivity index (χ0v) is 12.8. The molecule has 1 aromatic carbocycles. The number of halogens is 1. The van der Waals surface area contributed by atoms with E-state index in [-0.39, 0.29) is 0 Å². The van der Waals surface area contributed by atoms with Gasteiger partial charge in [-0.25, -0.2) is 0 Å². The summed E-state index contributed by atoms with van der Waals surface area (Å²) in [5.74, 6) is 0.886. The third-order valence-electron chi connectivity index (χ3n) is 3.95. The van der Waals surface area contributed by atoms with Crippen molar-refractivity contribution in [1.82, 2.24) is 5.32 Å². The van der Waals surface area contributed by atoms with E-state index in [0.29, 0.717) is 0 Å². The summed E-state index contributed by atoms with van der Waals surface area (Å²) in [5, 5.41) is 4.30. The fourth-order valence-corrected chi connectivity index (χ4v) is 2.82. The van der Waals surface area contributed by atoms with Crippen molar-refractivity contribution in [1.29, 1.82) is 0 Å². The third-order valence-corrected chi connectivity index (χ3v) is 4.19. The van der Waals surface area contributed by atoms with Crippen molar-refractivity contribution >= 4 is 17.3 Å². The van der Waals surface area contributed by atoms with Crippen molar-refractivity contribution in [3.63, 3.8) is 0 Å². The average Bonchev–Trinajstić information content (AvgIpc) is 2.34. The van der Waals surface area contributed by atoms with Gasteiger partial charge in [0, 0.05) is 30.8 Å². The molecule has 0 amide bonds. The lowest BCUT2D eigenvalue weighted by molar-refractivity contribution is 0.321. The molecule has 1 fully saturated rings. The zero-order chi connectivity index (χ0) is 13.7. The molecule has 0 bridgehead atoms. The third kappa shape index (κ3) is 4.12. The Bertz CT molecular complexity index is 402. The molecule has 0 atom stereocenters. The Labute approximate surface area is 122 Å². The first-order valence-corrected chi connectivity index (χ1v) is 7.78. The highest BCUT2D eigenvalue weighted by atomic mass is 35.5. The van der Waals surface area contributed by atoms with Crippen molar-refractivity contribution in [3.05, 3.63) is 28.8 Å².